The van der Waals surface area contributed by atoms with Crippen LogP contribution >= 0.6 is 0 Å². The van der Waals surface area contributed by atoms with Crippen LogP contribution < -0.4 is 10.6 Å². The summed E-state index contributed by atoms with van der Waals surface area (Å²) < 4.78 is 11.3. The van der Waals surface area contributed by atoms with E-state index < -0.39 is 47.3 Å². The van der Waals surface area contributed by atoms with Gasteiger partial charge in [-0.05, 0) is 71.9 Å². The quantitative estimate of drug-likeness (QED) is 0.130. The van der Waals surface area contributed by atoms with Crippen LogP contribution in [0.4, 0.5) is 4.79 Å². The van der Waals surface area contributed by atoms with Crippen LogP contribution in [0.15, 0.2) is 54.6 Å². The molecule has 0 bridgehead atoms. The molecule has 0 radical (unpaired) electrons. The first-order valence-electron chi connectivity index (χ1n) is 17.9. The van der Waals surface area contributed by atoms with Crippen LogP contribution in [0, 0.1) is 12.8 Å². The van der Waals surface area contributed by atoms with Crippen LogP contribution in [0.25, 0.3) is 0 Å². The Balaban J connectivity index is 2.65. The van der Waals surface area contributed by atoms with Crippen LogP contribution in [0.1, 0.15) is 124 Å². The van der Waals surface area contributed by atoms with Crippen LogP contribution in [-0.2, 0) is 30.3 Å². The molecule has 0 aliphatic rings. The van der Waals surface area contributed by atoms with Gasteiger partial charge in [0, 0.05) is 13.0 Å². The highest BCUT2D eigenvalue weighted by atomic mass is 16.6. The summed E-state index contributed by atoms with van der Waals surface area (Å²) in [5.41, 5.74) is 0.856. The second kappa shape index (κ2) is 19.3. The number of amides is 3. The van der Waals surface area contributed by atoms with E-state index in [1.807, 2.05) is 75.4 Å². The zero-order chi connectivity index (χ0) is 36.8. The number of carbonyl (C=O) groups is 4. The Morgan fingerprint density at radius 3 is 2.00 bits per heavy atom. The van der Waals surface area contributed by atoms with Crippen molar-refractivity contribution in [3.63, 3.8) is 0 Å². The standard InChI is InChI=1S/C40H61N3O6/c1-11-13-14-15-19-25-43(36(45)33(29(4)12-2)42-38(47)49-40(8,9)10)34(31-24-20-21-28(3)26-31)35(44)41-32(37(46)48-39(5,6)7)27-30-22-17-16-18-23-30/h16-18,20-24,26,29,32-34H,11-15,19,25,27H2,1-10H3,(H,41,44)(H,42,47). The Kier molecular flexibility index (Phi) is 16.3. The number of nitrogens with zero attached hydrogens (tertiary/aromatic N) is 1. The van der Waals surface area contributed by atoms with E-state index in [-0.39, 0.29) is 24.8 Å². The highest BCUT2D eigenvalue weighted by molar-refractivity contribution is 5.94. The van der Waals surface area contributed by atoms with Gasteiger partial charge in [0.2, 0.25) is 11.8 Å². The molecular weight excluding hydrogens is 618 g/mol. The second-order valence-electron chi connectivity index (χ2n) is 15.1. The van der Waals surface area contributed by atoms with E-state index in [0.29, 0.717) is 18.4 Å². The van der Waals surface area contributed by atoms with Gasteiger partial charge in [-0.2, -0.15) is 0 Å². The minimum absolute atomic E-state index is 0.211. The van der Waals surface area contributed by atoms with Crippen molar-refractivity contribution < 1.29 is 28.7 Å². The van der Waals surface area contributed by atoms with Crippen molar-refractivity contribution in [1.82, 2.24) is 15.5 Å². The lowest BCUT2D eigenvalue weighted by Crippen LogP contribution is -2.56. The molecule has 0 heterocycles. The van der Waals surface area contributed by atoms with E-state index in [4.69, 9.17) is 9.47 Å². The number of nitrogens with one attached hydrogen (secondary N) is 2. The molecule has 9 heteroatoms. The number of unbranched alkanes of at least 4 members (excludes halogenated alkanes) is 4. The van der Waals surface area contributed by atoms with Crippen molar-refractivity contribution >= 4 is 23.9 Å². The average molecular weight is 680 g/mol. The number of esters is 1. The highest BCUT2D eigenvalue weighted by Crippen LogP contribution is 2.27. The molecule has 4 atom stereocenters. The summed E-state index contributed by atoms with van der Waals surface area (Å²) in [6.45, 7) is 18.9. The van der Waals surface area contributed by atoms with Crippen LogP contribution in [0.5, 0.6) is 0 Å². The monoisotopic (exact) mass is 679 g/mol. The lowest BCUT2D eigenvalue weighted by molar-refractivity contribution is -0.159. The number of aryl methyl sites for hydroxylation is 1. The lowest BCUT2D eigenvalue weighted by atomic mass is 9.94. The van der Waals surface area contributed by atoms with Crippen molar-refractivity contribution in [2.24, 2.45) is 5.92 Å². The Hall–Kier alpha value is -3.88. The van der Waals surface area contributed by atoms with Gasteiger partial charge in [0.1, 0.15) is 29.3 Å². The van der Waals surface area contributed by atoms with Gasteiger partial charge < -0.3 is 25.0 Å². The van der Waals surface area contributed by atoms with E-state index in [2.05, 4.69) is 17.6 Å². The zero-order valence-electron chi connectivity index (χ0n) is 31.6. The molecule has 272 valence electrons. The molecule has 2 aromatic rings. The van der Waals surface area contributed by atoms with Gasteiger partial charge in [0.25, 0.3) is 0 Å². The summed E-state index contributed by atoms with van der Waals surface area (Å²) in [5, 5.41) is 5.82. The Morgan fingerprint density at radius 1 is 0.796 bits per heavy atom. The second-order valence-corrected chi connectivity index (χ2v) is 15.1. The Labute approximate surface area is 294 Å². The summed E-state index contributed by atoms with van der Waals surface area (Å²) in [5.74, 6) is -1.70. The third-order valence-electron chi connectivity index (χ3n) is 8.15. The maximum absolute atomic E-state index is 14.8. The SMILES string of the molecule is CCCCCCCN(C(=O)C(NC(=O)OC(C)(C)C)C(C)CC)C(C(=O)NC(Cc1ccccc1)C(=O)OC(C)(C)C)c1cccc(C)c1. The van der Waals surface area contributed by atoms with E-state index in [1.165, 1.54) is 0 Å². The summed E-state index contributed by atoms with van der Waals surface area (Å²) >= 11 is 0. The molecule has 0 fully saturated rings. The maximum Gasteiger partial charge on any atom is 0.408 e. The largest absolute Gasteiger partial charge is 0.458 e. The van der Waals surface area contributed by atoms with E-state index in [0.717, 1.165) is 36.8 Å². The molecule has 0 aliphatic carbocycles. The normalized spacial score (nSPS) is 14.2. The number of carbonyl (C=O) groups excluding carboxylic acids is 4. The predicted molar refractivity (Wildman–Crippen MR) is 195 cm³/mol. The summed E-state index contributed by atoms with van der Waals surface area (Å²) in [6, 6.07) is 13.9. The average Bonchev–Trinajstić information content (AvgIpc) is 3.00. The van der Waals surface area contributed by atoms with Crippen molar-refractivity contribution in [2.45, 2.75) is 144 Å². The highest BCUT2D eigenvalue weighted by Gasteiger charge is 2.39. The zero-order valence-corrected chi connectivity index (χ0v) is 31.6. The third kappa shape index (κ3) is 14.6. The van der Waals surface area contributed by atoms with Gasteiger partial charge in [-0.1, -0.05) is 113 Å². The molecule has 3 amide bonds. The molecule has 2 rings (SSSR count). The number of hydrogen-bond donors (Lipinski definition) is 2. The van der Waals surface area contributed by atoms with E-state index >= 15 is 0 Å². The van der Waals surface area contributed by atoms with Crippen molar-refractivity contribution in [1.29, 1.82) is 0 Å². The minimum Gasteiger partial charge on any atom is -0.458 e. The first kappa shape index (κ1) is 41.3. The van der Waals surface area contributed by atoms with E-state index in [1.54, 1.807) is 46.4 Å². The molecule has 49 heavy (non-hydrogen) atoms. The molecule has 2 N–H and O–H groups in total. The summed E-state index contributed by atoms with van der Waals surface area (Å²) in [4.78, 5) is 57.6. The van der Waals surface area contributed by atoms with Crippen LogP contribution in [0.2, 0.25) is 0 Å². The van der Waals surface area contributed by atoms with Crippen LogP contribution in [-0.4, -0.2) is 58.6 Å². The molecular formula is C40H61N3O6. The van der Waals surface area contributed by atoms with Gasteiger partial charge in [0.05, 0.1) is 0 Å². The first-order chi connectivity index (χ1) is 23.0. The fourth-order valence-corrected chi connectivity index (χ4v) is 5.53. The molecule has 4 unspecified atom stereocenters. The van der Waals surface area contributed by atoms with Gasteiger partial charge >= 0.3 is 12.1 Å². The number of benzene rings is 2. The predicted octanol–water partition coefficient (Wildman–Crippen LogP) is 7.84. The summed E-state index contributed by atoms with van der Waals surface area (Å²) in [6.07, 6.45) is 4.81. The number of rotatable bonds is 17. The smallest absolute Gasteiger partial charge is 0.408 e. The van der Waals surface area contributed by atoms with Crippen LogP contribution in [0.3, 0.4) is 0 Å². The van der Waals surface area contributed by atoms with E-state index in [9.17, 15) is 19.2 Å². The topological polar surface area (TPSA) is 114 Å². The Morgan fingerprint density at radius 2 is 1.43 bits per heavy atom. The van der Waals surface area contributed by atoms with Gasteiger partial charge in [0.15, 0.2) is 0 Å². The molecule has 0 saturated heterocycles. The first-order valence-corrected chi connectivity index (χ1v) is 17.9. The van der Waals surface area contributed by atoms with Gasteiger partial charge in [-0.15, -0.1) is 0 Å². The Bertz CT molecular complexity index is 1350. The fourth-order valence-electron chi connectivity index (χ4n) is 5.53. The summed E-state index contributed by atoms with van der Waals surface area (Å²) in [7, 11) is 0. The third-order valence-corrected chi connectivity index (χ3v) is 8.15. The van der Waals surface area contributed by atoms with Crippen molar-refractivity contribution in [2.75, 3.05) is 6.54 Å². The molecule has 9 nitrogen and oxygen atoms in total. The maximum atomic E-state index is 14.8. The number of ether oxygens (including phenoxy) is 2. The molecule has 0 aromatic heterocycles. The molecule has 0 saturated carbocycles. The molecule has 0 spiro atoms. The minimum atomic E-state index is -1.08. The fraction of sp³-hybridized carbons (Fsp3) is 0.600. The number of hydrogen-bond acceptors (Lipinski definition) is 6. The van der Waals surface area contributed by atoms with Gasteiger partial charge in [-0.3, -0.25) is 9.59 Å². The van der Waals surface area contributed by atoms with Gasteiger partial charge in [-0.25, -0.2) is 9.59 Å². The lowest BCUT2D eigenvalue weighted by Gasteiger charge is -2.37. The van der Waals surface area contributed by atoms with Crippen molar-refractivity contribution in [3.8, 4) is 0 Å². The van der Waals surface area contributed by atoms with Crippen molar-refractivity contribution in [3.05, 3.63) is 71.3 Å². The number of alkyl carbamates (subject to hydrolysis) is 1. The molecule has 2 aromatic carbocycles. The molecule has 0 aliphatic heterocycles.